The van der Waals surface area contributed by atoms with E-state index in [1.165, 1.54) is 18.2 Å². The van der Waals surface area contributed by atoms with Crippen LogP contribution in [0.2, 0.25) is 0 Å². The van der Waals surface area contributed by atoms with Gasteiger partial charge in [0.2, 0.25) is 0 Å². The second-order valence-electron chi connectivity index (χ2n) is 5.42. The molecule has 2 N–H and O–H groups in total. The summed E-state index contributed by atoms with van der Waals surface area (Å²) in [6.45, 7) is 1.66. The lowest BCUT2D eigenvalue weighted by molar-refractivity contribution is 0.0697. The summed E-state index contributed by atoms with van der Waals surface area (Å²) in [6.07, 6.45) is 0. The number of fused-ring (bicyclic) bond motifs is 1. The number of aromatic carboxylic acids is 1. The van der Waals surface area contributed by atoms with Gasteiger partial charge in [0.15, 0.2) is 0 Å². The van der Waals surface area contributed by atoms with Crippen molar-refractivity contribution in [3.63, 3.8) is 0 Å². The molecular formula is C18H15NO4S. The molecule has 0 radical (unpaired) electrons. The Morgan fingerprint density at radius 1 is 1.00 bits per heavy atom. The van der Waals surface area contributed by atoms with Crippen molar-refractivity contribution in [3.05, 3.63) is 71.8 Å². The van der Waals surface area contributed by atoms with Crippen LogP contribution in [-0.2, 0) is 10.0 Å². The number of hydrogen-bond acceptors (Lipinski definition) is 3. The van der Waals surface area contributed by atoms with Gasteiger partial charge in [0.25, 0.3) is 10.0 Å². The highest BCUT2D eigenvalue weighted by Crippen LogP contribution is 2.26. The van der Waals surface area contributed by atoms with E-state index in [1.54, 1.807) is 31.2 Å². The Labute approximate surface area is 139 Å². The summed E-state index contributed by atoms with van der Waals surface area (Å²) < 4.78 is 28.1. The highest BCUT2D eigenvalue weighted by Gasteiger charge is 2.18. The maximum atomic E-state index is 12.8. The Kier molecular flexibility index (Phi) is 3.99. The van der Waals surface area contributed by atoms with Crippen LogP contribution in [-0.4, -0.2) is 19.5 Å². The number of carboxylic acids is 1. The van der Waals surface area contributed by atoms with E-state index in [0.29, 0.717) is 16.6 Å². The molecular weight excluding hydrogens is 326 g/mol. The van der Waals surface area contributed by atoms with Gasteiger partial charge in [-0.3, -0.25) is 4.72 Å². The number of hydrogen-bond donors (Lipinski definition) is 2. The molecule has 0 aliphatic carbocycles. The van der Waals surface area contributed by atoms with Crippen LogP contribution in [0.1, 0.15) is 15.9 Å². The minimum absolute atomic E-state index is 0.112. The summed E-state index contributed by atoms with van der Waals surface area (Å²) in [5, 5.41) is 10.5. The van der Waals surface area contributed by atoms with Gasteiger partial charge in [0.05, 0.1) is 16.1 Å². The van der Waals surface area contributed by atoms with E-state index >= 15 is 0 Å². The van der Waals surface area contributed by atoms with E-state index in [0.717, 1.165) is 5.39 Å². The smallest absolute Gasteiger partial charge is 0.335 e. The SMILES string of the molecule is Cc1cc(C(=O)O)ccc1NS(=O)(=O)c1cccc2ccccc12. The van der Waals surface area contributed by atoms with Crippen molar-refractivity contribution in [2.45, 2.75) is 11.8 Å². The van der Waals surface area contributed by atoms with E-state index in [2.05, 4.69) is 4.72 Å². The molecule has 0 spiro atoms. The quantitative estimate of drug-likeness (QED) is 0.759. The van der Waals surface area contributed by atoms with Gasteiger partial charge in [-0.05, 0) is 42.1 Å². The normalized spacial score (nSPS) is 11.4. The maximum Gasteiger partial charge on any atom is 0.335 e. The summed E-state index contributed by atoms with van der Waals surface area (Å²) in [4.78, 5) is 11.2. The molecule has 0 heterocycles. The van der Waals surface area contributed by atoms with Gasteiger partial charge in [0, 0.05) is 5.39 Å². The molecule has 6 heteroatoms. The molecule has 0 saturated carbocycles. The fraction of sp³-hybridized carbons (Fsp3) is 0.0556. The van der Waals surface area contributed by atoms with Crippen LogP contribution in [0.5, 0.6) is 0 Å². The summed E-state index contributed by atoms with van der Waals surface area (Å²) in [5.74, 6) is -1.05. The third kappa shape index (κ3) is 2.96. The van der Waals surface area contributed by atoms with Crippen molar-refractivity contribution in [1.29, 1.82) is 0 Å². The van der Waals surface area contributed by atoms with Gasteiger partial charge in [-0.1, -0.05) is 36.4 Å². The van der Waals surface area contributed by atoms with Crippen LogP contribution in [0.4, 0.5) is 5.69 Å². The number of carboxylic acid groups (broad SMARTS) is 1. The van der Waals surface area contributed by atoms with E-state index in [1.807, 2.05) is 18.2 Å². The van der Waals surface area contributed by atoms with Gasteiger partial charge in [-0.25, -0.2) is 13.2 Å². The molecule has 0 unspecified atom stereocenters. The van der Waals surface area contributed by atoms with Gasteiger partial charge in [-0.15, -0.1) is 0 Å². The molecule has 5 nitrogen and oxygen atoms in total. The summed E-state index contributed by atoms with van der Waals surface area (Å²) in [6, 6.07) is 16.6. The van der Waals surface area contributed by atoms with Gasteiger partial charge < -0.3 is 5.11 Å². The van der Waals surface area contributed by atoms with Crippen LogP contribution in [0.25, 0.3) is 10.8 Å². The molecule has 3 rings (SSSR count). The highest BCUT2D eigenvalue weighted by atomic mass is 32.2. The molecule has 3 aromatic carbocycles. The molecule has 0 aliphatic rings. The van der Waals surface area contributed by atoms with Crippen molar-refractivity contribution < 1.29 is 18.3 Å². The average molecular weight is 341 g/mol. The van der Waals surface area contributed by atoms with Crippen molar-refractivity contribution >= 4 is 32.5 Å². The van der Waals surface area contributed by atoms with Crippen LogP contribution >= 0.6 is 0 Å². The van der Waals surface area contributed by atoms with Crippen molar-refractivity contribution in [2.24, 2.45) is 0 Å². The van der Waals surface area contributed by atoms with E-state index < -0.39 is 16.0 Å². The average Bonchev–Trinajstić information content (AvgIpc) is 2.56. The number of rotatable bonds is 4. The summed E-state index contributed by atoms with van der Waals surface area (Å²) >= 11 is 0. The van der Waals surface area contributed by atoms with E-state index in [-0.39, 0.29) is 10.5 Å². The number of nitrogens with one attached hydrogen (secondary N) is 1. The minimum atomic E-state index is -3.79. The fourth-order valence-electron chi connectivity index (χ4n) is 2.54. The molecule has 0 aliphatic heterocycles. The molecule has 0 bridgehead atoms. The molecule has 0 fully saturated rings. The second kappa shape index (κ2) is 5.98. The minimum Gasteiger partial charge on any atom is -0.478 e. The van der Waals surface area contributed by atoms with Crippen molar-refractivity contribution in [2.75, 3.05) is 4.72 Å². The summed E-state index contributed by atoms with van der Waals surface area (Å²) in [7, 11) is -3.79. The van der Waals surface area contributed by atoms with Crippen LogP contribution < -0.4 is 4.72 Å². The third-order valence-electron chi connectivity index (χ3n) is 3.76. The van der Waals surface area contributed by atoms with Gasteiger partial charge in [-0.2, -0.15) is 0 Å². The zero-order valence-corrected chi connectivity index (χ0v) is 13.7. The molecule has 0 aromatic heterocycles. The number of sulfonamides is 1. The Morgan fingerprint density at radius 2 is 1.71 bits per heavy atom. The van der Waals surface area contributed by atoms with Gasteiger partial charge >= 0.3 is 5.97 Å². The number of aryl methyl sites for hydroxylation is 1. The number of benzene rings is 3. The number of carbonyl (C=O) groups is 1. The number of anilines is 1. The predicted octanol–water partition coefficient (Wildman–Crippen LogP) is 3.65. The van der Waals surface area contributed by atoms with Crippen LogP contribution in [0.15, 0.2) is 65.6 Å². The Bertz CT molecular complexity index is 1040. The molecule has 0 atom stereocenters. The maximum absolute atomic E-state index is 12.8. The zero-order valence-electron chi connectivity index (χ0n) is 12.9. The lowest BCUT2D eigenvalue weighted by atomic mass is 10.1. The third-order valence-corrected chi connectivity index (χ3v) is 5.18. The monoisotopic (exact) mass is 341 g/mol. The van der Waals surface area contributed by atoms with Crippen LogP contribution in [0.3, 0.4) is 0 Å². The van der Waals surface area contributed by atoms with Crippen molar-refractivity contribution in [1.82, 2.24) is 0 Å². The largest absolute Gasteiger partial charge is 0.478 e. The first-order valence-corrected chi connectivity index (χ1v) is 8.71. The first kappa shape index (κ1) is 16.0. The first-order chi connectivity index (χ1) is 11.4. The summed E-state index contributed by atoms with van der Waals surface area (Å²) in [5.41, 5.74) is 1.01. The first-order valence-electron chi connectivity index (χ1n) is 7.23. The standard InChI is InChI=1S/C18H15NO4S/c1-12-11-14(18(20)21)9-10-16(12)19-24(22,23)17-8-4-6-13-5-2-3-7-15(13)17/h2-11,19H,1H3,(H,20,21). The Hall–Kier alpha value is -2.86. The predicted molar refractivity (Wildman–Crippen MR) is 92.9 cm³/mol. The fourth-order valence-corrected chi connectivity index (χ4v) is 3.90. The Morgan fingerprint density at radius 3 is 2.42 bits per heavy atom. The lowest BCUT2D eigenvalue weighted by Gasteiger charge is -2.13. The van der Waals surface area contributed by atoms with Crippen LogP contribution in [0, 0.1) is 6.92 Å². The molecule has 24 heavy (non-hydrogen) atoms. The van der Waals surface area contributed by atoms with E-state index in [9.17, 15) is 13.2 Å². The molecule has 3 aromatic rings. The van der Waals surface area contributed by atoms with E-state index in [4.69, 9.17) is 5.11 Å². The highest BCUT2D eigenvalue weighted by molar-refractivity contribution is 7.93. The lowest BCUT2D eigenvalue weighted by Crippen LogP contribution is -2.14. The zero-order chi connectivity index (χ0) is 17.3. The second-order valence-corrected chi connectivity index (χ2v) is 7.07. The topological polar surface area (TPSA) is 83.5 Å². The molecule has 0 saturated heterocycles. The van der Waals surface area contributed by atoms with Gasteiger partial charge in [0.1, 0.15) is 0 Å². The molecule has 0 amide bonds. The Balaban J connectivity index is 2.04. The van der Waals surface area contributed by atoms with Crippen molar-refractivity contribution in [3.8, 4) is 0 Å². The molecule has 122 valence electrons.